The lowest BCUT2D eigenvalue weighted by atomic mass is 10.2. The van der Waals surface area contributed by atoms with Crippen molar-refractivity contribution in [3.63, 3.8) is 0 Å². The van der Waals surface area contributed by atoms with Crippen LogP contribution in [0, 0.1) is 23.0 Å². The normalized spacial score (nSPS) is 16.1. The van der Waals surface area contributed by atoms with Crippen molar-refractivity contribution >= 4 is 28.1 Å². The summed E-state index contributed by atoms with van der Waals surface area (Å²) in [6.07, 6.45) is 1.91. The molecule has 1 fully saturated rings. The molecular formula is C12H18ClN3O4S. The topological polar surface area (TPSA) is 115 Å². The van der Waals surface area contributed by atoms with Crippen molar-refractivity contribution in [2.24, 2.45) is 11.7 Å². The van der Waals surface area contributed by atoms with Crippen molar-refractivity contribution in [2.75, 3.05) is 6.54 Å². The Balaban J connectivity index is 0.00000220. The molecule has 2 rings (SSSR count). The highest BCUT2D eigenvalue weighted by atomic mass is 35.5. The monoisotopic (exact) mass is 335 g/mol. The standard InChI is InChI=1S/C12H17N3O4S.ClH/c1-8-2-5-10(15(16)17)6-12(8)20(18,19)14-11(7-13)9-3-4-9;/h2,5-6,9,11,14H,3-4,7,13H2,1H3;1H. The fourth-order valence-corrected chi connectivity index (χ4v) is 3.67. The number of sulfonamides is 1. The number of nitrogens with two attached hydrogens (primary N) is 1. The molecule has 0 amide bonds. The van der Waals surface area contributed by atoms with Crippen molar-refractivity contribution in [1.29, 1.82) is 0 Å². The summed E-state index contributed by atoms with van der Waals surface area (Å²) < 4.78 is 27.2. The van der Waals surface area contributed by atoms with Crippen LogP contribution in [-0.4, -0.2) is 25.9 Å². The molecule has 1 aliphatic rings. The second kappa shape index (κ2) is 6.69. The van der Waals surface area contributed by atoms with E-state index in [0.717, 1.165) is 18.9 Å². The van der Waals surface area contributed by atoms with E-state index in [0.29, 0.717) is 5.56 Å². The Morgan fingerprint density at radius 3 is 2.57 bits per heavy atom. The van der Waals surface area contributed by atoms with Crippen LogP contribution in [0.1, 0.15) is 18.4 Å². The van der Waals surface area contributed by atoms with Crippen LogP contribution in [0.3, 0.4) is 0 Å². The van der Waals surface area contributed by atoms with E-state index >= 15 is 0 Å². The van der Waals surface area contributed by atoms with Crippen LogP contribution >= 0.6 is 12.4 Å². The summed E-state index contributed by atoms with van der Waals surface area (Å²) in [7, 11) is -3.80. The zero-order valence-corrected chi connectivity index (χ0v) is 13.1. The SMILES string of the molecule is Cc1ccc([N+](=O)[O-])cc1S(=O)(=O)NC(CN)C1CC1.Cl. The Kier molecular flexibility index (Phi) is 5.68. The largest absolute Gasteiger partial charge is 0.329 e. The summed E-state index contributed by atoms with van der Waals surface area (Å²) >= 11 is 0. The maximum Gasteiger partial charge on any atom is 0.270 e. The molecule has 0 saturated heterocycles. The number of benzene rings is 1. The molecule has 0 heterocycles. The summed E-state index contributed by atoms with van der Waals surface area (Å²) in [5.41, 5.74) is 5.80. The van der Waals surface area contributed by atoms with Gasteiger partial charge in [-0.15, -0.1) is 12.4 Å². The zero-order valence-electron chi connectivity index (χ0n) is 11.5. The van der Waals surface area contributed by atoms with Gasteiger partial charge in [0.05, 0.1) is 9.82 Å². The summed E-state index contributed by atoms with van der Waals surface area (Å²) in [6, 6.07) is 3.49. The van der Waals surface area contributed by atoms with Crippen LogP contribution in [0.2, 0.25) is 0 Å². The summed E-state index contributed by atoms with van der Waals surface area (Å²) in [4.78, 5) is 10.1. The summed E-state index contributed by atoms with van der Waals surface area (Å²) in [5.74, 6) is 0.272. The van der Waals surface area contributed by atoms with E-state index in [-0.39, 0.29) is 41.5 Å². The van der Waals surface area contributed by atoms with Crippen LogP contribution in [-0.2, 0) is 10.0 Å². The molecule has 7 nitrogen and oxygen atoms in total. The lowest BCUT2D eigenvalue weighted by Gasteiger charge is -2.17. The van der Waals surface area contributed by atoms with Crippen molar-refractivity contribution in [1.82, 2.24) is 4.72 Å². The first-order valence-electron chi connectivity index (χ1n) is 6.32. The molecule has 9 heteroatoms. The van der Waals surface area contributed by atoms with Gasteiger partial charge < -0.3 is 5.73 Å². The highest BCUT2D eigenvalue weighted by Gasteiger charge is 2.34. The lowest BCUT2D eigenvalue weighted by Crippen LogP contribution is -2.41. The van der Waals surface area contributed by atoms with E-state index in [1.54, 1.807) is 6.92 Å². The van der Waals surface area contributed by atoms with Crippen molar-refractivity contribution < 1.29 is 13.3 Å². The van der Waals surface area contributed by atoms with Gasteiger partial charge in [0.1, 0.15) is 0 Å². The number of nitrogens with zero attached hydrogens (tertiary/aromatic N) is 1. The zero-order chi connectivity index (χ0) is 14.9. The molecule has 118 valence electrons. The number of non-ortho nitro benzene ring substituents is 1. The average molecular weight is 336 g/mol. The Morgan fingerprint density at radius 1 is 1.48 bits per heavy atom. The quantitative estimate of drug-likeness (QED) is 0.601. The van der Waals surface area contributed by atoms with Crippen LogP contribution in [0.15, 0.2) is 23.1 Å². The summed E-state index contributed by atoms with van der Waals surface area (Å²) in [5, 5.41) is 10.8. The molecule has 1 aromatic rings. The minimum Gasteiger partial charge on any atom is -0.329 e. The van der Waals surface area contributed by atoms with E-state index in [2.05, 4.69) is 4.72 Å². The third-order valence-corrected chi connectivity index (χ3v) is 5.06. The molecule has 0 aromatic heterocycles. The smallest absolute Gasteiger partial charge is 0.270 e. The molecule has 1 saturated carbocycles. The van der Waals surface area contributed by atoms with Crippen LogP contribution in [0.4, 0.5) is 5.69 Å². The maximum absolute atomic E-state index is 12.3. The predicted molar refractivity (Wildman–Crippen MR) is 81.0 cm³/mol. The molecule has 0 radical (unpaired) electrons. The predicted octanol–water partition coefficient (Wildman–Crippen LogP) is 1.34. The number of nitro benzene ring substituents is 1. The Bertz CT molecular complexity index is 631. The molecule has 1 unspecified atom stereocenters. The van der Waals surface area contributed by atoms with Gasteiger partial charge in [0.25, 0.3) is 5.69 Å². The molecule has 0 spiro atoms. The van der Waals surface area contributed by atoms with Gasteiger partial charge in [-0.25, -0.2) is 13.1 Å². The molecule has 1 aromatic carbocycles. The highest BCUT2D eigenvalue weighted by molar-refractivity contribution is 7.89. The third kappa shape index (κ3) is 4.13. The van der Waals surface area contributed by atoms with Crippen molar-refractivity contribution in [2.45, 2.75) is 30.7 Å². The van der Waals surface area contributed by atoms with Crippen molar-refractivity contribution in [3.05, 3.63) is 33.9 Å². The number of halogens is 1. The average Bonchev–Trinajstić information content (AvgIpc) is 3.20. The van der Waals surface area contributed by atoms with E-state index in [9.17, 15) is 18.5 Å². The van der Waals surface area contributed by atoms with Crippen LogP contribution in [0.5, 0.6) is 0 Å². The number of hydrogen-bond acceptors (Lipinski definition) is 5. The number of aryl methyl sites for hydroxylation is 1. The Hall–Kier alpha value is -1.22. The fraction of sp³-hybridized carbons (Fsp3) is 0.500. The van der Waals surface area contributed by atoms with Crippen molar-refractivity contribution in [3.8, 4) is 0 Å². The number of nitrogens with one attached hydrogen (secondary N) is 1. The van der Waals surface area contributed by atoms with Gasteiger partial charge in [0.15, 0.2) is 0 Å². The Morgan fingerprint density at radius 2 is 2.10 bits per heavy atom. The lowest BCUT2D eigenvalue weighted by molar-refractivity contribution is -0.385. The molecule has 21 heavy (non-hydrogen) atoms. The van der Waals surface area contributed by atoms with Crippen LogP contribution < -0.4 is 10.5 Å². The van der Waals surface area contributed by atoms with Gasteiger partial charge in [-0.2, -0.15) is 0 Å². The van der Waals surface area contributed by atoms with Gasteiger partial charge >= 0.3 is 0 Å². The van der Waals surface area contributed by atoms with Crippen LogP contribution in [0.25, 0.3) is 0 Å². The summed E-state index contributed by atoms with van der Waals surface area (Å²) in [6.45, 7) is 1.82. The molecule has 1 atom stereocenters. The van der Waals surface area contributed by atoms with Gasteiger partial charge in [0.2, 0.25) is 10.0 Å². The minimum atomic E-state index is -3.80. The minimum absolute atomic E-state index is 0. The molecule has 0 bridgehead atoms. The second-order valence-corrected chi connectivity index (χ2v) is 6.69. The first-order valence-corrected chi connectivity index (χ1v) is 7.81. The molecule has 0 aliphatic heterocycles. The fourth-order valence-electron chi connectivity index (χ4n) is 2.09. The molecular weight excluding hydrogens is 318 g/mol. The second-order valence-electron chi connectivity index (χ2n) is 5.01. The molecule has 3 N–H and O–H groups in total. The molecule has 1 aliphatic carbocycles. The van der Waals surface area contributed by atoms with Gasteiger partial charge in [-0.1, -0.05) is 6.07 Å². The van der Waals surface area contributed by atoms with Gasteiger partial charge in [-0.05, 0) is 31.2 Å². The number of hydrogen-bond donors (Lipinski definition) is 2. The maximum atomic E-state index is 12.3. The van der Waals surface area contributed by atoms with Gasteiger partial charge in [-0.3, -0.25) is 10.1 Å². The first-order chi connectivity index (χ1) is 9.35. The van der Waals surface area contributed by atoms with E-state index in [1.807, 2.05) is 0 Å². The Labute approximate surface area is 129 Å². The van der Waals surface area contributed by atoms with E-state index in [1.165, 1.54) is 12.1 Å². The first kappa shape index (κ1) is 17.8. The third-order valence-electron chi connectivity index (χ3n) is 3.42. The van der Waals surface area contributed by atoms with E-state index < -0.39 is 14.9 Å². The number of rotatable bonds is 6. The number of nitro groups is 1. The van der Waals surface area contributed by atoms with E-state index in [4.69, 9.17) is 5.73 Å². The van der Waals surface area contributed by atoms with Gasteiger partial charge in [0, 0.05) is 24.7 Å². The highest BCUT2D eigenvalue weighted by Crippen LogP contribution is 2.33.